The molecule has 0 amide bonds. The number of nitrogens with zero attached hydrogens (tertiary/aromatic N) is 2. The van der Waals surface area contributed by atoms with Gasteiger partial charge in [-0.1, -0.05) is 12.8 Å². The molecule has 0 unspecified atom stereocenters. The summed E-state index contributed by atoms with van der Waals surface area (Å²) in [7, 11) is -3.75. The molecule has 8 heteroatoms. The Balaban J connectivity index is 1.49. The number of anilines is 2. The molecule has 2 aromatic rings. The van der Waals surface area contributed by atoms with Gasteiger partial charge < -0.3 is 14.4 Å². The van der Waals surface area contributed by atoms with E-state index in [0.29, 0.717) is 30.5 Å². The average molecular weight is 389 g/mol. The molecule has 0 spiro atoms. The maximum Gasteiger partial charge on any atom is 0.263 e. The Morgan fingerprint density at radius 1 is 0.926 bits per heavy atom. The summed E-state index contributed by atoms with van der Waals surface area (Å²) in [6.07, 6.45) is 6.61. The van der Waals surface area contributed by atoms with Crippen molar-refractivity contribution >= 4 is 21.5 Å². The lowest BCUT2D eigenvalue weighted by molar-refractivity contribution is 0.171. The zero-order chi connectivity index (χ0) is 18.7. The van der Waals surface area contributed by atoms with E-state index >= 15 is 0 Å². The van der Waals surface area contributed by atoms with Crippen LogP contribution in [-0.4, -0.2) is 39.7 Å². The second-order valence-corrected chi connectivity index (χ2v) is 8.40. The third-order valence-corrected chi connectivity index (χ3v) is 6.13. The molecule has 0 saturated carbocycles. The molecule has 7 nitrogen and oxygen atoms in total. The Kier molecular flexibility index (Phi) is 5.07. The molecule has 1 N–H and O–H groups in total. The molecular weight excluding hydrogens is 366 g/mol. The number of sulfonamides is 1. The molecule has 1 aromatic carbocycles. The van der Waals surface area contributed by atoms with E-state index in [2.05, 4.69) is 14.6 Å². The van der Waals surface area contributed by atoms with Crippen LogP contribution in [0.2, 0.25) is 0 Å². The second kappa shape index (κ2) is 7.64. The molecule has 2 aliphatic rings. The van der Waals surface area contributed by atoms with Crippen molar-refractivity contribution in [3.63, 3.8) is 0 Å². The van der Waals surface area contributed by atoms with E-state index < -0.39 is 10.0 Å². The SMILES string of the molecule is O=S(=O)(Nc1ccc(N2CCCCCC2)cn1)c1ccc2c(c1)OCCO2. The number of ether oxygens (including phenoxy) is 2. The highest BCUT2D eigenvalue weighted by Crippen LogP contribution is 2.32. The molecule has 144 valence electrons. The number of fused-ring (bicyclic) bond motifs is 1. The average Bonchev–Trinajstić information content (AvgIpc) is 2.97. The molecule has 0 radical (unpaired) electrons. The molecule has 1 fully saturated rings. The van der Waals surface area contributed by atoms with Gasteiger partial charge in [0.05, 0.1) is 16.8 Å². The normalized spacial score (nSPS) is 17.3. The Bertz CT molecular complexity index is 892. The lowest BCUT2D eigenvalue weighted by Crippen LogP contribution is -2.24. The molecule has 0 atom stereocenters. The van der Waals surface area contributed by atoms with Crippen LogP contribution in [0.3, 0.4) is 0 Å². The van der Waals surface area contributed by atoms with Crippen LogP contribution in [0.25, 0.3) is 0 Å². The topological polar surface area (TPSA) is 80.8 Å². The Morgan fingerprint density at radius 2 is 1.67 bits per heavy atom. The van der Waals surface area contributed by atoms with Gasteiger partial charge in [0.15, 0.2) is 11.5 Å². The molecule has 3 heterocycles. The standard InChI is InChI=1S/C19H23N3O4S/c23-27(24,16-6-7-17-18(13-16)26-12-11-25-17)21-19-8-5-15(14-20-19)22-9-3-1-2-4-10-22/h5-8,13-14H,1-4,9-12H2,(H,20,21). The number of aromatic nitrogens is 1. The third kappa shape index (κ3) is 4.10. The summed E-state index contributed by atoms with van der Waals surface area (Å²) in [5, 5.41) is 0. The molecule has 4 rings (SSSR count). The second-order valence-electron chi connectivity index (χ2n) is 6.71. The zero-order valence-corrected chi connectivity index (χ0v) is 15.9. The fourth-order valence-corrected chi connectivity index (χ4v) is 4.37. The number of rotatable bonds is 4. The van der Waals surface area contributed by atoms with Gasteiger partial charge in [0.1, 0.15) is 19.0 Å². The summed E-state index contributed by atoms with van der Waals surface area (Å²) in [5.74, 6) is 1.29. The minimum absolute atomic E-state index is 0.116. The van der Waals surface area contributed by atoms with Crippen LogP contribution in [0.5, 0.6) is 11.5 Å². The summed E-state index contributed by atoms with van der Waals surface area (Å²) in [5.41, 5.74) is 1.03. The molecular formula is C19H23N3O4S. The largest absolute Gasteiger partial charge is 0.486 e. The van der Waals surface area contributed by atoms with Gasteiger partial charge in [-0.05, 0) is 37.1 Å². The van der Waals surface area contributed by atoms with Crippen LogP contribution in [0.1, 0.15) is 25.7 Å². The molecule has 1 saturated heterocycles. The third-order valence-electron chi connectivity index (χ3n) is 4.78. The van der Waals surface area contributed by atoms with Crippen LogP contribution in [0.4, 0.5) is 11.5 Å². The van der Waals surface area contributed by atoms with Crippen molar-refractivity contribution in [3.05, 3.63) is 36.5 Å². The lowest BCUT2D eigenvalue weighted by Gasteiger charge is -2.22. The molecule has 27 heavy (non-hydrogen) atoms. The van der Waals surface area contributed by atoms with Gasteiger partial charge in [0, 0.05) is 19.2 Å². The van der Waals surface area contributed by atoms with E-state index in [0.717, 1.165) is 18.8 Å². The fraction of sp³-hybridized carbons (Fsp3) is 0.421. The predicted molar refractivity (Wildman–Crippen MR) is 103 cm³/mol. The first-order chi connectivity index (χ1) is 13.1. The van der Waals surface area contributed by atoms with Crippen LogP contribution >= 0.6 is 0 Å². The lowest BCUT2D eigenvalue weighted by atomic mass is 10.2. The number of benzene rings is 1. The first-order valence-corrected chi connectivity index (χ1v) is 10.7. The predicted octanol–water partition coefficient (Wildman–Crippen LogP) is 3.03. The van der Waals surface area contributed by atoms with E-state index in [1.165, 1.54) is 37.8 Å². The summed E-state index contributed by atoms with van der Waals surface area (Å²) in [6, 6.07) is 8.21. The highest BCUT2D eigenvalue weighted by Gasteiger charge is 2.20. The van der Waals surface area contributed by atoms with E-state index in [1.54, 1.807) is 18.3 Å². The Labute approximate surface area is 159 Å². The maximum absolute atomic E-state index is 12.7. The van der Waals surface area contributed by atoms with Crippen molar-refractivity contribution in [2.75, 3.05) is 35.9 Å². The van der Waals surface area contributed by atoms with Gasteiger partial charge in [-0.2, -0.15) is 0 Å². The van der Waals surface area contributed by atoms with Gasteiger partial charge in [-0.25, -0.2) is 13.4 Å². The Hall–Kier alpha value is -2.48. The van der Waals surface area contributed by atoms with E-state index in [-0.39, 0.29) is 4.90 Å². The van der Waals surface area contributed by atoms with Crippen molar-refractivity contribution in [2.24, 2.45) is 0 Å². The fourth-order valence-electron chi connectivity index (χ4n) is 3.35. The van der Waals surface area contributed by atoms with Crippen LogP contribution in [0, 0.1) is 0 Å². The van der Waals surface area contributed by atoms with Gasteiger partial charge >= 0.3 is 0 Å². The summed E-state index contributed by atoms with van der Waals surface area (Å²) >= 11 is 0. The van der Waals surface area contributed by atoms with E-state index in [1.807, 2.05) is 6.07 Å². The van der Waals surface area contributed by atoms with Gasteiger partial charge in [-0.3, -0.25) is 4.72 Å². The zero-order valence-electron chi connectivity index (χ0n) is 15.1. The first kappa shape index (κ1) is 17.9. The van der Waals surface area contributed by atoms with Gasteiger partial charge in [0.25, 0.3) is 10.0 Å². The summed E-state index contributed by atoms with van der Waals surface area (Å²) in [6.45, 7) is 2.90. The number of nitrogens with one attached hydrogen (secondary N) is 1. The van der Waals surface area contributed by atoms with Gasteiger partial charge in [-0.15, -0.1) is 0 Å². The van der Waals surface area contributed by atoms with Crippen molar-refractivity contribution in [2.45, 2.75) is 30.6 Å². The monoisotopic (exact) mass is 389 g/mol. The van der Waals surface area contributed by atoms with Crippen LogP contribution < -0.4 is 19.1 Å². The molecule has 0 aliphatic carbocycles. The minimum atomic E-state index is -3.75. The Morgan fingerprint density at radius 3 is 2.37 bits per heavy atom. The number of hydrogen-bond donors (Lipinski definition) is 1. The molecule has 0 bridgehead atoms. The quantitative estimate of drug-likeness (QED) is 0.866. The summed E-state index contributed by atoms with van der Waals surface area (Å²) in [4.78, 5) is 6.72. The maximum atomic E-state index is 12.7. The summed E-state index contributed by atoms with van der Waals surface area (Å²) < 4.78 is 38.7. The smallest absolute Gasteiger partial charge is 0.263 e. The first-order valence-electron chi connectivity index (χ1n) is 9.25. The number of hydrogen-bond acceptors (Lipinski definition) is 6. The van der Waals surface area contributed by atoms with Gasteiger partial charge in [0.2, 0.25) is 0 Å². The van der Waals surface area contributed by atoms with Crippen LogP contribution in [-0.2, 0) is 10.0 Å². The highest BCUT2D eigenvalue weighted by molar-refractivity contribution is 7.92. The van der Waals surface area contributed by atoms with E-state index in [4.69, 9.17) is 9.47 Å². The molecule has 1 aromatic heterocycles. The van der Waals surface area contributed by atoms with E-state index in [9.17, 15) is 8.42 Å². The van der Waals surface area contributed by atoms with Crippen LogP contribution in [0.15, 0.2) is 41.4 Å². The van der Waals surface area contributed by atoms with Crippen molar-refractivity contribution in [1.29, 1.82) is 0 Å². The minimum Gasteiger partial charge on any atom is -0.486 e. The molecule has 2 aliphatic heterocycles. The highest BCUT2D eigenvalue weighted by atomic mass is 32.2. The van der Waals surface area contributed by atoms with Crippen molar-refractivity contribution in [1.82, 2.24) is 4.98 Å². The van der Waals surface area contributed by atoms with Crippen molar-refractivity contribution in [3.8, 4) is 11.5 Å². The number of pyridine rings is 1. The van der Waals surface area contributed by atoms with Crippen molar-refractivity contribution < 1.29 is 17.9 Å².